The Morgan fingerprint density at radius 2 is 1.70 bits per heavy atom. The van der Waals surface area contributed by atoms with Crippen LogP contribution in [-0.4, -0.2) is 21.8 Å². The maximum Gasteiger partial charge on any atom is 0.416 e. The fraction of sp³-hybridized carbons (Fsp3) is 0.0909. The first-order valence-corrected chi connectivity index (χ1v) is 10.2. The summed E-state index contributed by atoms with van der Waals surface area (Å²) in [5.74, 6) is -2.52. The molecule has 0 saturated heterocycles. The quantitative estimate of drug-likeness (QED) is 0.374. The lowest BCUT2D eigenvalue weighted by Crippen LogP contribution is -2.15. The van der Waals surface area contributed by atoms with Crippen LogP contribution in [0.1, 0.15) is 31.2 Å². The second-order valence-corrected chi connectivity index (χ2v) is 8.05. The zero-order valence-corrected chi connectivity index (χ0v) is 17.6. The number of anilines is 2. The molecule has 0 aliphatic heterocycles. The highest BCUT2D eigenvalue weighted by atomic mass is 32.1. The molecule has 0 fully saturated rings. The molecule has 0 saturated carbocycles. The number of hydrogen-bond donors (Lipinski definition) is 2. The van der Waals surface area contributed by atoms with Crippen molar-refractivity contribution in [1.82, 2.24) is 9.97 Å². The SMILES string of the molecule is Cc1ccc(NC(=O)c2cc(F)cc(C(F)(F)F)c2)cc1NC(=O)c1cc2nccnc2s1. The molecular formula is C22H14F4N4O2S. The number of carbonyl (C=O) groups excluding carboxylic acids is 2. The van der Waals surface area contributed by atoms with Crippen molar-refractivity contribution in [1.29, 1.82) is 0 Å². The van der Waals surface area contributed by atoms with E-state index in [2.05, 4.69) is 20.6 Å². The smallest absolute Gasteiger partial charge is 0.322 e. The van der Waals surface area contributed by atoms with Gasteiger partial charge in [0.1, 0.15) is 16.2 Å². The third kappa shape index (κ3) is 4.98. The summed E-state index contributed by atoms with van der Waals surface area (Å²) in [7, 11) is 0. The molecule has 4 aromatic rings. The second-order valence-electron chi connectivity index (χ2n) is 7.02. The number of fused-ring (bicyclic) bond motifs is 1. The van der Waals surface area contributed by atoms with Crippen LogP contribution in [0, 0.1) is 12.7 Å². The van der Waals surface area contributed by atoms with Crippen molar-refractivity contribution < 1.29 is 27.2 Å². The predicted molar refractivity (Wildman–Crippen MR) is 116 cm³/mol. The molecule has 0 aliphatic rings. The first-order valence-electron chi connectivity index (χ1n) is 9.42. The van der Waals surface area contributed by atoms with E-state index in [4.69, 9.17) is 0 Å². The van der Waals surface area contributed by atoms with Crippen molar-refractivity contribution in [3.8, 4) is 0 Å². The lowest BCUT2D eigenvalue weighted by Gasteiger charge is -2.12. The minimum atomic E-state index is -4.80. The number of benzene rings is 2. The molecule has 0 aliphatic carbocycles. The van der Waals surface area contributed by atoms with E-state index >= 15 is 0 Å². The average Bonchev–Trinajstić information content (AvgIpc) is 3.19. The molecule has 11 heteroatoms. The van der Waals surface area contributed by atoms with E-state index in [1.54, 1.807) is 19.1 Å². The average molecular weight is 474 g/mol. The van der Waals surface area contributed by atoms with Gasteiger partial charge in [-0.2, -0.15) is 13.2 Å². The number of hydrogen-bond acceptors (Lipinski definition) is 5. The van der Waals surface area contributed by atoms with Crippen molar-refractivity contribution in [3.63, 3.8) is 0 Å². The molecular weight excluding hydrogens is 460 g/mol. The van der Waals surface area contributed by atoms with E-state index < -0.39 is 34.9 Å². The van der Waals surface area contributed by atoms with Crippen LogP contribution in [0.25, 0.3) is 10.3 Å². The summed E-state index contributed by atoms with van der Waals surface area (Å²) in [5.41, 5.74) is 0.0999. The van der Waals surface area contributed by atoms with Gasteiger partial charge in [-0.05, 0) is 48.9 Å². The lowest BCUT2D eigenvalue weighted by molar-refractivity contribution is -0.137. The summed E-state index contributed by atoms with van der Waals surface area (Å²) < 4.78 is 52.4. The fourth-order valence-corrected chi connectivity index (χ4v) is 3.84. The minimum absolute atomic E-state index is 0.207. The van der Waals surface area contributed by atoms with Crippen LogP contribution in [0.15, 0.2) is 54.9 Å². The van der Waals surface area contributed by atoms with Gasteiger partial charge in [0.25, 0.3) is 11.8 Å². The molecule has 0 radical (unpaired) electrons. The van der Waals surface area contributed by atoms with Crippen LogP contribution in [0.3, 0.4) is 0 Å². The Kier molecular flexibility index (Phi) is 5.81. The number of rotatable bonds is 4. The van der Waals surface area contributed by atoms with Crippen molar-refractivity contribution in [2.45, 2.75) is 13.1 Å². The molecule has 4 rings (SSSR count). The third-order valence-corrected chi connectivity index (χ3v) is 5.65. The van der Waals surface area contributed by atoms with Gasteiger partial charge in [0.2, 0.25) is 0 Å². The number of halogens is 4. The lowest BCUT2D eigenvalue weighted by atomic mass is 10.1. The number of aryl methyl sites for hydroxylation is 1. The van der Waals surface area contributed by atoms with Gasteiger partial charge in [-0.15, -0.1) is 11.3 Å². The van der Waals surface area contributed by atoms with Gasteiger partial charge >= 0.3 is 6.18 Å². The Bertz CT molecular complexity index is 1350. The minimum Gasteiger partial charge on any atom is -0.322 e. The predicted octanol–water partition coefficient (Wildman–Crippen LogP) is 5.66. The van der Waals surface area contributed by atoms with Crippen molar-refractivity contribution in [3.05, 3.63) is 82.2 Å². The van der Waals surface area contributed by atoms with Crippen molar-refractivity contribution in [2.24, 2.45) is 0 Å². The van der Waals surface area contributed by atoms with Gasteiger partial charge in [-0.25, -0.2) is 9.37 Å². The van der Waals surface area contributed by atoms with E-state index in [-0.39, 0.29) is 5.69 Å². The first-order chi connectivity index (χ1) is 15.6. The van der Waals surface area contributed by atoms with Crippen LogP contribution in [-0.2, 0) is 6.18 Å². The molecule has 2 aromatic carbocycles. The second kappa shape index (κ2) is 8.58. The Morgan fingerprint density at radius 1 is 0.939 bits per heavy atom. The number of nitrogens with zero attached hydrogens (tertiary/aromatic N) is 2. The van der Waals surface area contributed by atoms with Gasteiger partial charge in [0.05, 0.1) is 10.4 Å². The Morgan fingerprint density at radius 3 is 2.42 bits per heavy atom. The monoisotopic (exact) mass is 474 g/mol. The summed E-state index contributed by atoms with van der Waals surface area (Å²) in [5, 5.41) is 5.16. The zero-order valence-electron chi connectivity index (χ0n) is 16.8. The number of thiophene rings is 1. The molecule has 168 valence electrons. The van der Waals surface area contributed by atoms with E-state index in [9.17, 15) is 27.2 Å². The number of carbonyl (C=O) groups is 2. The number of aromatic nitrogens is 2. The number of nitrogens with one attached hydrogen (secondary N) is 2. The Balaban J connectivity index is 1.54. The van der Waals surface area contributed by atoms with Gasteiger partial charge in [0, 0.05) is 29.3 Å². The van der Waals surface area contributed by atoms with E-state index in [0.29, 0.717) is 44.7 Å². The van der Waals surface area contributed by atoms with E-state index in [1.807, 2.05) is 0 Å². The summed E-state index contributed by atoms with van der Waals surface area (Å²) in [6.07, 6.45) is -1.76. The third-order valence-electron chi connectivity index (χ3n) is 4.62. The maximum atomic E-state index is 13.6. The fourth-order valence-electron chi connectivity index (χ4n) is 2.99. The zero-order chi connectivity index (χ0) is 23.8. The van der Waals surface area contributed by atoms with Gasteiger partial charge in [-0.1, -0.05) is 6.07 Å². The molecule has 0 atom stereocenters. The molecule has 2 N–H and O–H groups in total. The molecule has 0 bridgehead atoms. The molecule has 0 unspecified atom stereocenters. The normalized spacial score (nSPS) is 11.4. The molecule has 0 spiro atoms. The van der Waals surface area contributed by atoms with E-state index in [0.717, 1.165) is 11.3 Å². The van der Waals surface area contributed by atoms with Gasteiger partial charge in [-0.3, -0.25) is 14.6 Å². The highest BCUT2D eigenvalue weighted by Gasteiger charge is 2.32. The highest BCUT2D eigenvalue weighted by Crippen LogP contribution is 2.31. The number of amides is 2. The van der Waals surface area contributed by atoms with E-state index in [1.165, 1.54) is 24.5 Å². The molecule has 6 nitrogen and oxygen atoms in total. The highest BCUT2D eigenvalue weighted by molar-refractivity contribution is 7.20. The number of alkyl halides is 3. The first kappa shape index (κ1) is 22.3. The van der Waals surface area contributed by atoms with Crippen LogP contribution >= 0.6 is 11.3 Å². The standard InChI is InChI=1S/C22H14F4N4O2S/c1-11-2-3-15(29-19(31)12-6-13(22(24,25)26)8-14(23)7-12)9-16(11)30-20(32)18-10-17-21(33-18)28-5-4-27-17/h2-10H,1H3,(H,29,31)(H,30,32). The van der Waals surface area contributed by atoms with Crippen LogP contribution in [0.5, 0.6) is 0 Å². The van der Waals surface area contributed by atoms with Crippen LogP contribution < -0.4 is 10.6 Å². The maximum absolute atomic E-state index is 13.6. The summed E-state index contributed by atoms with van der Waals surface area (Å²) >= 11 is 1.16. The summed E-state index contributed by atoms with van der Waals surface area (Å²) in [6.45, 7) is 1.73. The van der Waals surface area contributed by atoms with Crippen molar-refractivity contribution in [2.75, 3.05) is 10.6 Å². The summed E-state index contributed by atoms with van der Waals surface area (Å²) in [6, 6.07) is 7.79. The molecule has 2 amide bonds. The van der Waals surface area contributed by atoms with Gasteiger partial charge in [0.15, 0.2) is 0 Å². The Hall–Kier alpha value is -3.86. The van der Waals surface area contributed by atoms with Crippen LogP contribution in [0.4, 0.5) is 28.9 Å². The van der Waals surface area contributed by atoms with Gasteiger partial charge < -0.3 is 10.6 Å². The summed E-state index contributed by atoms with van der Waals surface area (Å²) in [4.78, 5) is 34.4. The Labute approximate surface area is 188 Å². The van der Waals surface area contributed by atoms with Crippen LogP contribution in [0.2, 0.25) is 0 Å². The topological polar surface area (TPSA) is 84.0 Å². The van der Waals surface area contributed by atoms with Crippen molar-refractivity contribution >= 4 is 44.9 Å². The molecule has 2 aromatic heterocycles. The molecule has 2 heterocycles. The largest absolute Gasteiger partial charge is 0.416 e. The molecule has 33 heavy (non-hydrogen) atoms.